The first-order chi connectivity index (χ1) is 8.00. The number of nitrogens with zero attached hydrogens (tertiary/aromatic N) is 2. The molecule has 1 fully saturated rings. The van der Waals surface area contributed by atoms with Gasteiger partial charge in [0.2, 0.25) is 0 Å². The summed E-state index contributed by atoms with van der Waals surface area (Å²) in [6.45, 7) is 13.3. The molecule has 102 valence electrons. The number of ether oxygens (including phenoxy) is 1. The molecule has 0 spiro atoms. The van der Waals surface area contributed by atoms with Crippen LogP contribution >= 0.6 is 0 Å². The first kappa shape index (κ1) is 14.9. The lowest BCUT2D eigenvalue weighted by Crippen LogP contribution is -2.38. The number of rotatable bonds is 7. The third-order valence-corrected chi connectivity index (χ3v) is 3.81. The average Bonchev–Trinajstić information content (AvgIpc) is 2.79. The van der Waals surface area contributed by atoms with Crippen LogP contribution in [0.3, 0.4) is 0 Å². The number of hydrogen-bond donors (Lipinski definition) is 0. The van der Waals surface area contributed by atoms with Gasteiger partial charge in [0.05, 0.1) is 12.7 Å². The summed E-state index contributed by atoms with van der Waals surface area (Å²) < 4.78 is 5.95. The van der Waals surface area contributed by atoms with Gasteiger partial charge in [0.15, 0.2) is 0 Å². The summed E-state index contributed by atoms with van der Waals surface area (Å²) in [7, 11) is 2.16. The Kier molecular flexibility index (Phi) is 6.45. The SMILES string of the molecule is CC(CN(C)C(C)C)OCC(C)N1CCCC1. The van der Waals surface area contributed by atoms with Crippen molar-refractivity contribution in [3.8, 4) is 0 Å². The van der Waals surface area contributed by atoms with Gasteiger partial charge in [-0.1, -0.05) is 0 Å². The van der Waals surface area contributed by atoms with Crippen molar-refractivity contribution < 1.29 is 4.74 Å². The molecular weight excluding hydrogens is 212 g/mol. The van der Waals surface area contributed by atoms with Crippen molar-refractivity contribution in [2.75, 3.05) is 33.3 Å². The molecule has 0 aromatic carbocycles. The van der Waals surface area contributed by atoms with Crippen LogP contribution in [0.4, 0.5) is 0 Å². The second-order valence-electron chi connectivity index (χ2n) is 5.77. The zero-order chi connectivity index (χ0) is 12.8. The molecule has 0 amide bonds. The third kappa shape index (κ3) is 5.36. The Morgan fingerprint density at radius 1 is 1.12 bits per heavy atom. The monoisotopic (exact) mass is 242 g/mol. The van der Waals surface area contributed by atoms with Crippen LogP contribution in [-0.4, -0.2) is 61.3 Å². The molecule has 2 unspecified atom stereocenters. The van der Waals surface area contributed by atoms with Gasteiger partial charge in [-0.3, -0.25) is 4.90 Å². The topological polar surface area (TPSA) is 15.7 Å². The highest BCUT2D eigenvalue weighted by molar-refractivity contribution is 4.73. The van der Waals surface area contributed by atoms with Crippen molar-refractivity contribution in [3.05, 3.63) is 0 Å². The minimum Gasteiger partial charge on any atom is -0.376 e. The van der Waals surface area contributed by atoms with E-state index in [0.717, 1.165) is 13.2 Å². The summed E-state index contributed by atoms with van der Waals surface area (Å²) in [4.78, 5) is 4.88. The van der Waals surface area contributed by atoms with E-state index in [1.807, 2.05) is 0 Å². The maximum Gasteiger partial charge on any atom is 0.0674 e. The lowest BCUT2D eigenvalue weighted by molar-refractivity contribution is 0.00832. The van der Waals surface area contributed by atoms with Crippen LogP contribution in [0.25, 0.3) is 0 Å². The molecule has 17 heavy (non-hydrogen) atoms. The molecule has 1 saturated heterocycles. The molecule has 1 rings (SSSR count). The summed E-state index contributed by atoms with van der Waals surface area (Å²) >= 11 is 0. The highest BCUT2D eigenvalue weighted by Crippen LogP contribution is 2.12. The van der Waals surface area contributed by atoms with Crippen molar-refractivity contribution in [3.63, 3.8) is 0 Å². The lowest BCUT2D eigenvalue weighted by Gasteiger charge is -2.28. The van der Waals surface area contributed by atoms with Crippen LogP contribution in [0.15, 0.2) is 0 Å². The van der Waals surface area contributed by atoms with Crippen LogP contribution in [-0.2, 0) is 4.74 Å². The fourth-order valence-corrected chi connectivity index (χ4v) is 2.26. The van der Waals surface area contributed by atoms with E-state index >= 15 is 0 Å². The Bertz CT molecular complexity index is 202. The van der Waals surface area contributed by atoms with Gasteiger partial charge in [0, 0.05) is 18.6 Å². The predicted molar refractivity (Wildman–Crippen MR) is 73.4 cm³/mol. The molecule has 0 aliphatic carbocycles. The van der Waals surface area contributed by atoms with Crippen molar-refractivity contribution in [2.24, 2.45) is 0 Å². The minimum atomic E-state index is 0.326. The Hall–Kier alpha value is -0.120. The van der Waals surface area contributed by atoms with Crippen LogP contribution in [0, 0.1) is 0 Å². The van der Waals surface area contributed by atoms with Crippen molar-refractivity contribution in [1.82, 2.24) is 9.80 Å². The second kappa shape index (κ2) is 7.34. The Balaban J connectivity index is 2.16. The van der Waals surface area contributed by atoms with E-state index in [4.69, 9.17) is 4.74 Å². The van der Waals surface area contributed by atoms with Crippen LogP contribution in [0.5, 0.6) is 0 Å². The molecule has 0 radical (unpaired) electrons. The number of likely N-dealkylation sites (N-methyl/N-ethyl adjacent to an activating group) is 1. The summed E-state index contributed by atoms with van der Waals surface area (Å²) in [5, 5.41) is 0. The van der Waals surface area contributed by atoms with Gasteiger partial charge >= 0.3 is 0 Å². The maximum absolute atomic E-state index is 5.95. The smallest absolute Gasteiger partial charge is 0.0674 e. The Morgan fingerprint density at radius 3 is 2.24 bits per heavy atom. The van der Waals surface area contributed by atoms with Gasteiger partial charge in [-0.15, -0.1) is 0 Å². The van der Waals surface area contributed by atoms with E-state index in [1.54, 1.807) is 0 Å². The fourth-order valence-electron chi connectivity index (χ4n) is 2.26. The highest BCUT2D eigenvalue weighted by atomic mass is 16.5. The zero-order valence-electron chi connectivity index (χ0n) is 12.3. The molecule has 0 aromatic rings. The predicted octanol–water partition coefficient (Wildman–Crippen LogP) is 2.22. The molecule has 3 nitrogen and oxygen atoms in total. The number of likely N-dealkylation sites (tertiary alicyclic amines) is 1. The molecule has 0 N–H and O–H groups in total. The Morgan fingerprint density at radius 2 is 1.71 bits per heavy atom. The van der Waals surface area contributed by atoms with E-state index in [0.29, 0.717) is 18.2 Å². The van der Waals surface area contributed by atoms with Crippen LogP contribution in [0.2, 0.25) is 0 Å². The van der Waals surface area contributed by atoms with Crippen LogP contribution < -0.4 is 0 Å². The van der Waals surface area contributed by atoms with Crippen LogP contribution in [0.1, 0.15) is 40.5 Å². The quantitative estimate of drug-likeness (QED) is 0.681. The molecule has 0 bridgehead atoms. The summed E-state index contributed by atoms with van der Waals surface area (Å²) in [5.74, 6) is 0. The van der Waals surface area contributed by atoms with Gasteiger partial charge < -0.3 is 9.64 Å². The summed E-state index contributed by atoms with van der Waals surface area (Å²) in [5.41, 5.74) is 0. The molecule has 1 aliphatic heterocycles. The lowest BCUT2D eigenvalue weighted by atomic mass is 10.3. The summed E-state index contributed by atoms with van der Waals surface area (Å²) in [6, 6.07) is 1.17. The van der Waals surface area contributed by atoms with E-state index in [2.05, 4.69) is 44.5 Å². The van der Waals surface area contributed by atoms with E-state index in [-0.39, 0.29) is 0 Å². The van der Waals surface area contributed by atoms with E-state index < -0.39 is 0 Å². The zero-order valence-corrected chi connectivity index (χ0v) is 12.3. The molecule has 0 aromatic heterocycles. The van der Waals surface area contributed by atoms with E-state index in [1.165, 1.54) is 25.9 Å². The normalized spacial score (nSPS) is 21.4. The molecular formula is C14H30N2O. The van der Waals surface area contributed by atoms with Gasteiger partial charge in [-0.2, -0.15) is 0 Å². The van der Waals surface area contributed by atoms with Crippen molar-refractivity contribution in [1.29, 1.82) is 0 Å². The van der Waals surface area contributed by atoms with Crippen molar-refractivity contribution >= 4 is 0 Å². The van der Waals surface area contributed by atoms with Gasteiger partial charge in [0.25, 0.3) is 0 Å². The standard InChI is InChI=1S/C14H30N2O/c1-12(2)15(5)10-14(4)17-11-13(3)16-8-6-7-9-16/h12-14H,6-11H2,1-5H3. The van der Waals surface area contributed by atoms with Crippen molar-refractivity contribution in [2.45, 2.75) is 58.7 Å². The Labute approximate surface area is 107 Å². The fraction of sp³-hybridized carbons (Fsp3) is 1.00. The van der Waals surface area contributed by atoms with Gasteiger partial charge in [0.1, 0.15) is 0 Å². The molecule has 2 atom stereocenters. The first-order valence-electron chi connectivity index (χ1n) is 7.06. The molecule has 1 heterocycles. The maximum atomic E-state index is 5.95. The highest BCUT2D eigenvalue weighted by Gasteiger charge is 2.19. The largest absolute Gasteiger partial charge is 0.376 e. The van der Waals surface area contributed by atoms with Gasteiger partial charge in [-0.25, -0.2) is 0 Å². The second-order valence-corrected chi connectivity index (χ2v) is 5.77. The molecule has 1 aliphatic rings. The van der Waals surface area contributed by atoms with E-state index in [9.17, 15) is 0 Å². The first-order valence-corrected chi connectivity index (χ1v) is 7.06. The third-order valence-electron chi connectivity index (χ3n) is 3.81. The number of hydrogen-bond acceptors (Lipinski definition) is 3. The van der Waals surface area contributed by atoms with Gasteiger partial charge in [-0.05, 0) is 60.7 Å². The minimum absolute atomic E-state index is 0.326. The average molecular weight is 242 g/mol. The molecule has 0 saturated carbocycles. The summed E-state index contributed by atoms with van der Waals surface area (Å²) in [6.07, 6.45) is 3.04. The molecule has 3 heteroatoms.